The summed E-state index contributed by atoms with van der Waals surface area (Å²) in [7, 11) is 0. The topological polar surface area (TPSA) is 38.9 Å². The number of aromatic nitrogens is 1. The maximum absolute atomic E-state index is 12.9. The number of halogens is 2. The van der Waals surface area contributed by atoms with Gasteiger partial charge in [0.2, 0.25) is 0 Å². The van der Waals surface area contributed by atoms with Gasteiger partial charge in [0.05, 0.1) is 5.69 Å². The van der Waals surface area contributed by atoms with Crippen LogP contribution in [0.25, 0.3) is 10.8 Å². The zero-order chi connectivity index (χ0) is 10.1. The van der Waals surface area contributed by atoms with Gasteiger partial charge < -0.3 is 5.73 Å². The summed E-state index contributed by atoms with van der Waals surface area (Å²) in [5, 5.41) is 1.76. The van der Waals surface area contributed by atoms with Gasteiger partial charge in [-0.25, -0.2) is 9.37 Å². The predicted molar refractivity (Wildman–Crippen MR) is 54.6 cm³/mol. The number of hydrogen-bond donors (Lipinski definition) is 1. The molecule has 2 rings (SSSR count). The van der Waals surface area contributed by atoms with Crippen molar-refractivity contribution in [1.29, 1.82) is 0 Å². The molecule has 0 saturated heterocycles. The van der Waals surface area contributed by atoms with Gasteiger partial charge in [0, 0.05) is 11.9 Å². The van der Waals surface area contributed by atoms with E-state index in [2.05, 4.69) is 4.98 Å². The normalized spacial score (nSPS) is 10.8. The molecule has 2 N–H and O–H groups in total. The largest absolute Gasteiger partial charge is 0.325 e. The van der Waals surface area contributed by atoms with Gasteiger partial charge >= 0.3 is 0 Å². The number of nitrogens with two attached hydrogens (primary N) is 1. The van der Waals surface area contributed by atoms with Gasteiger partial charge in [-0.2, -0.15) is 0 Å². The number of nitrogens with zero attached hydrogens (tertiary/aromatic N) is 1. The SMILES string of the molecule is NCc1cc2ccc(F)cc2c(Cl)n1. The van der Waals surface area contributed by atoms with Gasteiger partial charge in [0.25, 0.3) is 0 Å². The van der Waals surface area contributed by atoms with Crippen molar-refractivity contribution in [3.8, 4) is 0 Å². The van der Waals surface area contributed by atoms with E-state index in [1.165, 1.54) is 12.1 Å². The van der Waals surface area contributed by atoms with Gasteiger partial charge in [-0.05, 0) is 23.6 Å². The van der Waals surface area contributed by atoms with Crippen molar-refractivity contribution in [1.82, 2.24) is 4.98 Å². The predicted octanol–water partition coefficient (Wildman–Crippen LogP) is 2.49. The molecule has 0 atom stereocenters. The lowest BCUT2D eigenvalue weighted by atomic mass is 10.1. The van der Waals surface area contributed by atoms with E-state index in [-0.39, 0.29) is 5.82 Å². The lowest BCUT2D eigenvalue weighted by Gasteiger charge is -2.03. The molecule has 2 nitrogen and oxygen atoms in total. The lowest BCUT2D eigenvalue weighted by molar-refractivity contribution is 0.629. The molecule has 72 valence electrons. The quantitative estimate of drug-likeness (QED) is 0.735. The molecule has 0 aliphatic carbocycles. The van der Waals surface area contributed by atoms with Crippen molar-refractivity contribution in [2.75, 3.05) is 0 Å². The molecule has 0 unspecified atom stereocenters. The fourth-order valence-electron chi connectivity index (χ4n) is 1.34. The van der Waals surface area contributed by atoms with Crippen molar-refractivity contribution in [3.05, 3.63) is 40.9 Å². The Balaban J connectivity index is 2.76. The van der Waals surface area contributed by atoms with Crippen molar-refractivity contribution in [2.24, 2.45) is 5.73 Å². The molecule has 0 fully saturated rings. The summed E-state index contributed by atoms with van der Waals surface area (Å²) < 4.78 is 12.9. The number of rotatable bonds is 1. The van der Waals surface area contributed by atoms with Crippen LogP contribution in [0.2, 0.25) is 5.15 Å². The smallest absolute Gasteiger partial charge is 0.137 e. The van der Waals surface area contributed by atoms with Crippen LogP contribution < -0.4 is 5.73 Å². The van der Waals surface area contributed by atoms with Crippen LogP contribution in [0.3, 0.4) is 0 Å². The summed E-state index contributed by atoms with van der Waals surface area (Å²) in [5.74, 6) is -0.318. The third-order valence-corrected chi connectivity index (χ3v) is 2.30. The fraction of sp³-hybridized carbons (Fsp3) is 0.100. The second-order valence-electron chi connectivity index (χ2n) is 2.97. The van der Waals surface area contributed by atoms with Gasteiger partial charge in [-0.3, -0.25) is 0 Å². The summed E-state index contributed by atoms with van der Waals surface area (Å²) in [6.45, 7) is 0.326. The first-order valence-electron chi connectivity index (χ1n) is 4.15. The minimum Gasteiger partial charge on any atom is -0.325 e. The van der Waals surface area contributed by atoms with Crippen molar-refractivity contribution < 1.29 is 4.39 Å². The summed E-state index contributed by atoms with van der Waals surface area (Å²) in [6.07, 6.45) is 0. The van der Waals surface area contributed by atoms with E-state index in [1.807, 2.05) is 0 Å². The average Bonchev–Trinajstić information content (AvgIpc) is 2.19. The van der Waals surface area contributed by atoms with Crippen LogP contribution in [0.5, 0.6) is 0 Å². The van der Waals surface area contributed by atoms with Gasteiger partial charge in [0.15, 0.2) is 0 Å². The zero-order valence-electron chi connectivity index (χ0n) is 7.30. The first kappa shape index (κ1) is 9.37. The monoisotopic (exact) mass is 210 g/mol. The number of fused-ring (bicyclic) bond motifs is 1. The average molecular weight is 211 g/mol. The molecular formula is C10H8ClFN2. The second-order valence-corrected chi connectivity index (χ2v) is 3.33. The molecule has 1 aromatic heterocycles. The molecule has 0 amide bonds. The van der Waals surface area contributed by atoms with E-state index < -0.39 is 0 Å². The van der Waals surface area contributed by atoms with Gasteiger partial charge in [-0.1, -0.05) is 17.7 Å². The third-order valence-electron chi connectivity index (χ3n) is 2.01. The van der Waals surface area contributed by atoms with E-state index in [0.717, 1.165) is 5.39 Å². The minimum atomic E-state index is -0.318. The van der Waals surface area contributed by atoms with Crippen LogP contribution in [0, 0.1) is 5.82 Å². The minimum absolute atomic E-state index is 0.294. The Morgan fingerprint density at radius 2 is 2.14 bits per heavy atom. The molecule has 0 aliphatic rings. The summed E-state index contributed by atoms with van der Waals surface area (Å²) in [6, 6.07) is 6.22. The van der Waals surface area contributed by atoms with E-state index in [0.29, 0.717) is 22.8 Å². The molecule has 14 heavy (non-hydrogen) atoms. The Labute approximate surface area is 85.5 Å². The summed E-state index contributed by atoms with van der Waals surface area (Å²) >= 11 is 5.88. The molecule has 0 radical (unpaired) electrons. The van der Waals surface area contributed by atoms with Crippen LogP contribution in [0.1, 0.15) is 5.69 Å². The molecule has 0 bridgehead atoms. The number of pyridine rings is 1. The summed E-state index contributed by atoms with van der Waals surface area (Å²) in [4.78, 5) is 4.03. The Morgan fingerprint density at radius 1 is 1.36 bits per heavy atom. The molecule has 0 saturated carbocycles. The molecule has 2 aromatic rings. The first-order chi connectivity index (χ1) is 6.70. The number of hydrogen-bond acceptors (Lipinski definition) is 2. The van der Waals surface area contributed by atoms with Crippen molar-refractivity contribution in [2.45, 2.75) is 6.54 Å². The molecule has 0 aliphatic heterocycles. The zero-order valence-corrected chi connectivity index (χ0v) is 8.05. The van der Waals surface area contributed by atoms with Crippen molar-refractivity contribution >= 4 is 22.4 Å². The lowest BCUT2D eigenvalue weighted by Crippen LogP contribution is -1.99. The molecular weight excluding hydrogens is 203 g/mol. The Hall–Kier alpha value is -1.19. The van der Waals surface area contributed by atoms with Crippen LogP contribution in [-0.2, 0) is 6.54 Å². The van der Waals surface area contributed by atoms with E-state index in [9.17, 15) is 4.39 Å². The van der Waals surface area contributed by atoms with Gasteiger partial charge in [0.1, 0.15) is 11.0 Å². The van der Waals surface area contributed by atoms with Crippen LogP contribution in [0.4, 0.5) is 4.39 Å². The maximum Gasteiger partial charge on any atom is 0.137 e. The highest BCUT2D eigenvalue weighted by Gasteiger charge is 2.04. The summed E-state index contributed by atoms with van der Waals surface area (Å²) in [5.41, 5.74) is 6.15. The highest BCUT2D eigenvalue weighted by molar-refractivity contribution is 6.34. The second kappa shape index (κ2) is 3.52. The Bertz CT molecular complexity index is 485. The molecule has 0 spiro atoms. The highest BCUT2D eigenvalue weighted by Crippen LogP contribution is 2.23. The maximum atomic E-state index is 12.9. The van der Waals surface area contributed by atoms with Crippen LogP contribution in [-0.4, -0.2) is 4.98 Å². The van der Waals surface area contributed by atoms with E-state index in [4.69, 9.17) is 17.3 Å². The van der Waals surface area contributed by atoms with Gasteiger partial charge in [-0.15, -0.1) is 0 Å². The third kappa shape index (κ3) is 1.56. The standard InChI is InChI=1S/C10H8ClFN2/c11-10-9-4-7(12)2-1-6(9)3-8(5-13)14-10/h1-4H,5,13H2. The van der Waals surface area contributed by atoms with E-state index in [1.54, 1.807) is 12.1 Å². The van der Waals surface area contributed by atoms with Crippen LogP contribution in [0.15, 0.2) is 24.3 Å². The van der Waals surface area contributed by atoms with E-state index >= 15 is 0 Å². The Morgan fingerprint density at radius 3 is 2.86 bits per heavy atom. The van der Waals surface area contributed by atoms with Crippen LogP contribution >= 0.6 is 11.6 Å². The molecule has 1 aromatic carbocycles. The molecule has 4 heteroatoms. The fourth-order valence-corrected chi connectivity index (χ4v) is 1.61. The van der Waals surface area contributed by atoms with Crippen molar-refractivity contribution in [3.63, 3.8) is 0 Å². The Kier molecular flexibility index (Phi) is 2.35. The first-order valence-corrected chi connectivity index (χ1v) is 4.53. The highest BCUT2D eigenvalue weighted by atomic mass is 35.5. The number of benzene rings is 1. The molecule has 1 heterocycles.